The SMILES string of the molecule is C=CC=C(C=O)C=CC=CC. The molecule has 1 heteroatoms. The van der Waals surface area contributed by atoms with Gasteiger partial charge in [-0.25, -0.2) is 0 Å². The monoisotopic (exact) mass is 148 g/mol. The quantitative estimate of drug-likeness (QED) is 0.340. The van der Waals surface area contributed by atoms with E-state index in [4.69, 9.17) is 0 Å². The predicted molar refractivity (Wildman–Crippen MR) is 48.3 cm³/mol. The smallest absolute Gasteiger partial charge is 0.150 e. The zero-order valence-electron chi connectivity index (χ0n) is 6.66. The van der Waals surface area contributed by atoms with Gasteiger partial charge in [0.1, 0.15) is 6.29 Å². The van der Waals surface area contributed by atoms with Crippen molar-refractivity contribution < 1.29 is 4.79 Å². The normalized spacial score (nSPS) is 12.6. The molecular weight excluding hydrogens is 136 g/mol. The van der Waals surface area contributed by atoms with Gasteiger partial charge in [-0.1, -0.05) is 43.0 Å². The van der Waals surface area contributed by atoms with Crippen molar-refractivity contribution in [3.8, 4) is 0 Å². The maximum absolute atomic E-state index is 10.3. The van der Waals surface area contributed by atoms with E-state index in [9.17, 15) is 4.79 Å². The third-order valence-corrected chi connectivity index (χ3v) is 1.04. The van der Waals surface area contributed by atoms with Crippen LogP contribution in [0, 0.1) is 0 Å². The summed E-state index contributed by atoms with van der Waals surface area (Å²) in [5.41, 5.74) is 0.623. The third-order valence-electron chi connectivity index (χ3n) is 1.04. The highest BCUT2D eigenvalue weighted by Gasteiger charge is 1.81. The number of rotatable bonds is 4. The first kappa shape index (κ1) is 9.63. The van der Waals surface area contributed by atoms with Gasteiger partial charge in [0.15, 0.2) is 0 Å². The molecule has 0 radical (unpaired) electrons. The van der Waals surface area contributed by atoms with Crippen molar-refractivity contribution in [1.82, 2.24) is 0 Å². The van der Waals surface area contributed by atoms with Crippen molar-refractivity contribution in [2.24, 2.45) is 0 Å². The van der Waals surface area contributed by atoms with Crippen molar-refractivity contribution in [2.45, 2.75) is 6.92 Å². The van der Waals surface area contributed by atoms with Gasteiger partial charge < -0.3 is 0 Å². The fraction of sp³-hybridized carbons (Fsp3) is 0.100. The summed E-state index contributed by atoms with van der Waals surface area (Å²) in [4.78, 5) is 10.3. The molecule has 0 unspecified atom stereocenters. The Morgan fingerprint density at radius 2 is 2.09 bits per heavy atom. The fourth-order valence-corrected chi connectivity index (χ4v) is 0.548. The summed E-state index contributed by atoms with van der Waals surface area (Å²) in [5, 5.41) is 0. The van der Waals surface area contributed by atoms with Gasteiger partial charge in [-0.15, -0.1) is 0 Å². The number of hydrogen-bond acceptors (Lipinski definition) is 1. The molecule has 0 saturated carbocycles. The molecular formula is C10H12O. The van der Waals surface area contributed by atoms with Crippen LogP contribution in [-0.4, -0.2) is 6.29 Å². The lowest BCUT2D eigenvalue weighted by Crippen LogP contribution is -1.75. The van der Waals surface area contributed by atoms with Crippen LogP contribution in [-0.2, 0) is 4.79 Å². The van der Waals surface area contributed by atoms with Crippen LogP contribution in [0.1, 0.15) is 6.92 Å². The Morgan fingerprint density at radius 3 is 2.55 bits per heavy atom. The van der Waals surface area contributed by atoms with Crippen LogP contribution in [0.2, 0.25) is 0 Å². The standard InChI is InChI=1S/C10H12O/c1-3-5-6-8-10(9-11)7-4-2/h3-9H,2H2,1H3. The molecule has 0 fully saturated rings. The number of aldehydes is 1. The van der Waals surface area contributed by atoms with E-state index in [1.165, 1.54) is 0 Å². The molecule has 0 aromatic rings. The summed E-state index contributed by atoms with van der Waals surface area (Å²) in [6.07, 6.45) is 11.3. The van der Waals surface area contributed by atoms with Gasteiger partial charge in [0.25, 0.3) is 0 Å². The van der Waals surface area contributed by atoms with Crippen LogP contribution in [0.25, 0.3) is 0 Å². The molecule has 0 aromatic heterocycles. The minimum Gasteiger partial charge on any atom is -0.298 e. The van der Waals surface area contributed by atoms with E-state index in [0.717, 1.165) is 6.29 Å². The van der Waals surface area contributed by atoms with E-state index in [-0.39, 0.29) is 0 Å². The van der Waals surface area contributed by atoms with Crippen molar-refractivity contribution in [1.29, 1.82) is 0 Å². The second-order valence-electron chi connectivity index (χ2n) is 1.91. The maximum Gasteiger partial charge on any atom is 0.150 e. The molecule has 1 nitrogen and oxygen atoms in total. The van der Waals surface area contributed by atoms with Gasteiger partial charge in [0.05, 0.1) is 0 Å². The minimum atomic E-state index is 0.623. The molecule has 0 amide bonds. The lowest BCUT2D eigenvalue weighted by Gasteiger charge is -1.83. The summed E-state index contributed by atoms with van der Waals surface area (Å²) in [7, 11) is 0. The highest BCUT2D eigenvalue weighted by Crippen LogP contribution is 1.92. The minimum absolute atomic E-state index is 0.623. The van der Waals surface area contributed by atoms with E-state index in [1.807, 2.05) is 25.2 Å². The van der Waals surface area contributed by atoms with Gasteiger partial charge in [-0.2, -0.15) is 0 Å². The van der Waals surface area contributed by atoms with E-state index in [1.54, 1.807) is 18.2 Å². The Balaban J connectivity index is 4.18. The average Bonchev–Trinajstić information content (AvgIpc) is 2.03. The molecule has 0 aliphatic rings. The Morgan fingerprint density at radius 1 is 1.36 bits per heavy atom. The summed E-state index contributed by atoms with van der Waals surface area (Å²) in [6.45, 7) is 5.41. The Kier molecular flexibility index (Phi) is 5.91. The lowest BCUT2D eigenvalue weighted by molar-refractivity contribution is -0.104. The second-order valence-corrected chi connectivity index (χ2v) is 1.91. The molecule has 0 spiro atoms. The number of carbonyl (C=O) groups excluding carboxylic acids is 1. The summed E-state index contributed by atoms with van der Waals surface area (Å²) < 4.78 is 0. The van der Waals surface area contributed by atoms with Gasteiger partial charge >= 0.3 is 0 Å². The van der Waals surface area contributed by atoms with Crippen LogP contribution in [0.15, 0.2) is 48.6 Å². The molecule has 0 atom stereocenters. The Bertz CT molecular complexity index is 207. The average molecular weight is 148 g/mol. The first-order valence-electron chi connectivity index (χ1n) is 3.42. The maximum atomic E-state index is 10.3. The summed E-state index contributed by atoms with van der Waals surface area (Å²) in [6, 6.07) is 0. The van der Waals surface area contributed by atoms with Gasteiger partial charge in [-0.3, -0.25) is 4.79 Å². The molecule has 0 N–H and O–H groups in total. The first-order chi connectivity index (χ1) is 5.35. The largest absolute Gasteiger partial charge is 0.298 e. The van der Waals surface area contributed by atoms with Gasteiger partial charge in [0.2, 0.25) is 0 Å². The molecule has 58 valence electrons. The van der Waals surface area contributed by atoms with Gasteiger partial charge in [0, 0.05) is 5.57 Å². The lowest BCUT2D eigenvalue weighted by atomic mass is 10.2. The molecule has 0 saturated heterocycles. The van der Waals surface area contributed by atoms with Crippen molar-refractivity contribution in [3.63, 3.8) is 0 Å². The molecule has 0 rings (SSSR count). The van der Waals surface area contributed by atoms with Crippen LogP contribution in [0.4, 0.5) is 0 Å². The van der Waals surface area contributed by atoms with Crippen LogP contribution in [0.3, 0.4) is 0 Å². The van der Waals surface area contributed by atoms with Crippen molar-refractivity contribution >= 4 is 6.29 Å². The Labute approximate surface area is 67.4 Å². The van der Waals surface area contributed by atoms with Crippen LogP contribution in [0.5, 0.6) is 0 Å². The first-order valence-corrected chi connectivity index (χ1v) is 3.42. The topological polar surface area (TPSA) is 17.1 Å². The molecule has 0 aliphatic carbocycles. The third kappa shape index (κ3) is 5.09. The van der Waals surface area contributed by atoms with Crippen molar-refractivity contribution in [2.75, 3.05) is 0 Å². The molecule has 11 heavy (non-hydrogen) atoms. The highest BCUT2D eigenvalue weighted by atomic mass is 16.1. The van der Waals surface area contributed by atoms with Gasteiger partial charge in [-0.05, 0) is 6.92 Å². The highest BCUT2D eigenvalue weighted by molar-refractivity contribution is 5.78. The summed E-state index contributed by atoms with van der Waals surface area (Å²) >= 11 is 0. The molecule has 0 bridgehead atoms. The predicted octanol–water partition coefficient (Wildman–Crippen LogP) is 2.43. The van der Waals surface area contributed by atoms with E-state index < -0.39 is 0 Å². The molecule has 0 heterocycles. The van der Waals surface area contributed by atoms with E-state index in [0.29, 0.717) is 5.57 Å². The zero-order chi connectivity index (χ0) is 8.53. The number of allylic oxidation sites excluding steroid dienone is 7. The molecule has 0 aromatic carbocycles. The summed E-state index contributed by atoms with van der Waals surface area (Å²) in [5.74, 6) is 0. The van der Waals surface area contributed by atoms with E-state index in [2.05, 4.69) is 6.58 Å². The fourth-order valence-electron chi connectivity index (χ4n) is 0.548. The van der Waals surface area contributed by atoms with Crippen LogP contribution < -0.4 is 0 Å². The van der Waals surface area contributed by atoms with E-state index >= 15 is 0 Å². The number of hydrogen-bond donors (Lipinski definition) is 0. The zero-order valence-corrected chi connectivity index (χ0v) is 6.66. The number of carbonyl (C=O) groups is 1. The second kappa shape index (κ2) is 6.75. The molecule has 0 aliphatic heterocycles. The Hall–Kier alpha value is -1.37. The van der Waals surface area contributed by atoms with Crippen molar-refractivity contribution in [3.05, 3.63) is 48.6 Å². The van der Waals surface area contributed by atoms with Crippen LogP contribution >= 0.6 is 0 Å².